The maximum absolute atomic E-state index is 4.45. The van der Waals surface area contributed by atoms with Crippen LogP contribution >= 0.6 is 0 Å². The third-order valence-corrected chi connectivity index (χ3v) is 3.96. The SMILES string of the molecule is c1cnc2c(c1)CC(Nc1ncnc3cnccc13)CC2. The molecule has 3 aromatic rings. The van der Waals surface area contributed by atoms with E-state index in [1.165, 1.54) is 11.3 Å². The molecule has 1 aliphatic rings. The Morgan fingerprint density at radius 1 is 1.10 bits per heavy atom. The van der Waals surface area contributed by atoms with E-state index in [-0.39, 0.29) is 0 Å². The lowest BCUT2D eigenvalue weighted by Crippen LogP contribution is -2.28. The summed E-state index contributed by atoms with van der Waals surface area (Å²) >= 11 is 0. The smallest absolute Gasteiger partial charge is 0.137 e. The number of rotatable bonds is 2. The Bertz CT molecular complexity index is 781. The molecule has 1 N–H and O–H groups in total. The number of pyridine rings is 2. The van der Waals surface area contributed by atoms with Crippen LogP contribution in [0.15, 0.2) is 43.1 Å². The lowest BCUT2D eigenvalue weighted by Gasteiger charge is -2.25. The first-order chi connectivity index (χ1) is 10.4. The van der Waals surface area contributed by atoms with Crippen molar-refractivity contribution in [1.29, 1.82) is 0 Å². The fraction of sp³-hybridized carbons (Fsp3) is 0.250. The van der Waals surface area contributed by atoms with E-state index >= 15 is 0 Å². The summed E-state index contributed by atoms with van der Waals surface area (Å²) in [6, 6.07) is 6.51. The monoisotopic (exact) mass is 277 g/mol. The van der Waals surface area contributed by atoms with Crippen LogP contribution < -0.4 is 5.32 Å². The number of anilines is 1. The van der Waals surface area contributed by atoms with Gasteiger partial charge < -0.3 is 5.32 Å². The van der Waals surface area contributed by atoms with E-state index in [4.69, 9.17) is 0 Å². The summed E-state index contributed by atoms with van der Waals surface area (Å²) < 4.78 is 0. The lowest BCUT2D eigenvalue weighted by molar-refractivity contribution is 0.597. The Morgan fingerprint density at radius 3 is 3.10 bits per heavy atom. The summed E-state index contributed by atoms with van der Waals surface area (Å²) in [4.78, 5) is 17.2. The molecule has 0 saturated heterocycles. The van der Waals surface area contributed by atoms with Crippen molar-refractivity contribution in [3.8, 4) is 0 Å². The van der Waals surface area contributed by atoms with Gasteiger partial charge in [0.1, 0.15) is 12.1 Å². The molecule has 0 saturated carbocycles. The Kier molecular flexibility index (Phi) is 2.96. The molecule has 1 atom stereocenters. The second-order valence-electron chi connectivity index (χ2n) is 5.31. The summed E-state index contributed by atoms with van der Waals surface area (Å²) in [5.74, 6) is 0.889. The van der Waals surface area contributed by atoms with E-state index in [0.717, 1.165) is 36.0 Å². The highest BCUT2D eigenvalue weighted by atomic mass is 15.0. The van der Waals surface area contributed by atoms with E-state index in [2.05, 4.69) is 31.3 Å². The number of aromatic nitrogens is 4. The fourth-order valence-corrected chi connectivity index (χ4v) is 2.90. The maximum atomic E-state index is 4.45. The Morgan fingerprint density at radius 2 is 2.10 bits per heavy atom. The molecule has 0 aromatic carbocycles. The molecule has 5 nitrogen and oxygen atoms in total. The molecule has 0 aliphatic heterocycles. The number of fused-ring (bicyclic) bond motifs is 2. The van der Waals surface area contributed by atoms with E-state index in [0.29, 0.717) is 6.04 Å². The van der Waals surface area contributed by atoms with Gasteiger partial charge in [-0.1, -0.05) is 6.07 Å². The Labute approximate surface area is 122 Å². The van der Waals surface area contributed by atoms with E-state index < -0.39 is 0 Å². The molecule has 3 aromatic heterocycles. The molecule has 3 heterocycles. The fourth-order valence-electron chi connectivity index (χ4n) is 2.90. The topological polar surface area (TPSA) is 63.6 Å². The van der Waals surface area contributed by atoms with Gasteiger partial charge in [0, 0.05) is 29.5 Å². The molecule has 5 heteroatoms. The van der Waals surface area contributed by atoms with Crippen molar-refractivity contribution in [1.82, 2.24) is 19.9 Å². The van der Waals surface area contributed by atoms with Crippen LogP contribution in [0.2, 0.25) is 0 Å². The second-order valence-corrected chi connectivity index (χ2v) is 5.31. The van der Waals surface area contributed by atoms with Crippen molar-refractivity contribution >= 4 is 16.7 Å². The first kappa shape index (κ1) is 12.2. The zero-order valence-electron chi connectivity index (χ0n) is 11.5. The van der Waals surface area contributed by atoms with Crippen LogP contribution in [0.1, 0.15) is 17.7 Å². The van der Waals surface area contributed by atoms with E-state index in [1.807, 2.05) is 18.3 Å². The molecule has 4 rings (SSSR count). The Balaban J connectivity index is 1.62. The van der Waals surface area contributed by atoms with Crippen molar-refractivity contribution in [2.24, 2.45) is 0 Å². The molecule has 1 aliphatic carbocycles. The quantitative estimate of drug-likeness (QED) is 0.779. The first-order valence-electron chi connectivity index (χ1n) is 7.14. The van der Waals surface area contributed by atoms with Crippen LogP contribution in [0.5, 0.6) is 0 Å². The van der Waals surface area contributed by atoms with Gasteiger partial charge in [0.05, 0.1) is 11.7 Å². The molecule has 0 bridgehead atoms. The van der Waals surface area contributed by atoms with Crippen LogP contribution in [0.25, 0.3) is 10.9 Å². The van der Waals surface area contributed by atoms with Crippen LogP contribution in [0.3, 0.4) is 0 Å². The zero-order valence-corrected chi connectivity index (χ0v) is 11.5. The maximum Gasteiger partial charge on any atom is 0.137 e. The van der Waals surface area contributed by atoms with E-state index in [9.17, 15) is 0 Å². The highest BCUT2D eigenvalue weighted by Gasteiger charge is 2.20. The van der Waals surface area contributed by atoms with Gasteiger partial charge in [0.25, 0.3) is 0 Å². The first-order valence-corrected chi connectivity index (χ1v) is 7.14. The average Bonchev–Trinajstić information content (AvgIpc) is 2.55. The minimum Gasteiger partial charge on any atom is -0.366 e. The van der Waals surface area contributed by atoms with Crippen molar-refractivity contribution in [3.63, 3.8) is 0 Å². The molecule has 21 heavy (non-hydrogen) atoms. The summed E-state index contributed by atoms with van der Waals surface area (Å²) in [5.41, 5.74) is 3.43. The molecular weight excluding hydrogens is 262 g/mol. The highest BCUT2D eigenvalue weighted by Crippen LogP contribution is 2.24. The Hall–Kier alpha value is -2.56. The highest BCUT2D eigenvalue weighted by molar-refractivity contribution is 5.88. The largest absolute Gasteiger partial charge is 0.366 e. The van der Waals surface area contributed by atoms with Gasteiger partial charge in [0.2, 0.25) is 0 Å². The number of nitrogens with one attached hydrogen (secondary N) is 1. The molecule has 0 radical (unpaired) electrons. The average molecular weight is 277 g/mol. The van der Waals surface area contributed by atoms with Gasteiger partial charge in [-0.25, -0.2) is 9.97 Å². The second kappa shape index (κ2) is 5.09. The normalized spacial score (nSPS) is 17.4. The summed E-state index contributed by atoms with van der Waals surface area (Å²) in [6.45, 7) is 0. The molecule has 104 valence electrons. The van der Waals surface area contributed by atoms with Gasteiger partial charge in [0.15, 0.2) is 0 Å². The molecule has 1 unspecified atom stereocenters. The van der Waals surface area contributed by atoms with Crippen LogP contribution in [0.4, 0.5) is 5.82 Å². The predicted octanol–water partition coefficient (Wildman–Crippen LogP) is 2.39. The van der Waals surface area contributed by atoms with Crippen LogP contribution in [0, 0.1) is 0 Å². The van der Waals surface area contributed by atoms with Crippen LogP contribution in [-0.2, 0) is 12.8 Å². The summed E-state index contributed by atoms with van der Waals surface area (Å²) in [7, 11) is 0. The predicted molar refractivity (Wildman–Crippen MR) is 81.0 cm³/mol. The molecular formula is C16H15N5. The number of hydrogen-bond acceptors (Lipinski definition) is 5. The summed E-state index contributed by atoms with van der Waals surface area (Å²) in [5, 5.41) is 4.58. The third kappa shape index (κ3) is 2.31. The third-order valence-electron chi connectivity index (χ3n) is 3.96. The van der Waals surface area contributed by atoms with Crippen molar-refractivity contribution in [2.45, 2.75) is 25.3 Å². The van der Waals surface area contributed by atoms with Gasteiger partial charge in [-0.3, -0.25) is 9.97 Å². The van der Waals surface area contributed by atoms with Crippen LogP contribution in [-0.4, -0.2) is 26.0 Å². The minimum atomic E-state index is 0.382. The molecule has 0 amide bonds. The number of nitrogens with zero attached hydrogens (tertiary/aromatic N) is 4. The van der Waals surface area contributed by atoms with Crippen molar-refractivity contribution < 1.29 is 0 Å². The lowest BCUT2D eigenvalue weighted by atomic mass is 9.92. The van der Waals surface area contributed by atoms with Crippen molar-refractivity contribution in [2.75, 3.05) is 5.32 Å². The van der Waals surface area contributed by atoms with Gasteiger partial charge >= 0.3 is 0 Å². The molecule has 0 fully saturated rings. The standard InChI is InChI=1S/C16H15N5/c1-2-11-8-12(3-4-14(11)18-6-1)21-16-13-5-7-17-9-15(13)19-10-20-16/h1-2,5-7,9-10,12H,3-4,8H2,(H,19,20,21). The zero-order chi connectivity index (χ0) is 14.1. The van der Waals surface area contributed by atoms with Gasteiger partial charge in [-0.2, -0.15) is 0 Å². The summed E-state index contributed by atoms with van der Waals surface area (Å²) in [6.07, 6.45) is 10.1. The van der Waals surface area contributed by atoms with E-state index in [1.54, 1.807) is 18.7 Å². The minimum absolute atomic E-state index is 0.382. The van der Waals surface area contributed by atoms with Crippen molar-refractivity contribution in [3.05, 3.63) is 54.4 Å². The number of hydrogen-bond donors (Lipinski definition) is 1. The van der Waals surface area contributed by atoms with Gasteiger partial charge in [-0.15, -0.1) is 0 Å². The number of aryl methyl sites for hydroxylation is 1. The molecule has 0 spiro atoms. The van der Waals surface area contributed by atoms with Gasteiger partial charge in [-0.05, 0) is 37.0 Å².